The third-order valence-electron chi connectivity index (χ3n) is 5.77. The van der Waals surface area contributed by atoms with Gasteiger partial charge in [0.2, 0.25) is 0 Å². The summed E-state index contributed by atoms with van der Waals surface area (Å²) >= 11 is 0. The Morgan fingerprint density at radius 3 is 2.41 bits per heavy atom. The third-order valence-corrected chi connectivity index (χ3v) is 5.77. The number of aromatic nitrogens is 3. The van der Waals surface area contributed by atoms with Crippen molar-refractivity contribution in [3.05, 3.63) is 77.9 Å². The van der Waals surface area contributed by atoms with Gasteiger partial charge in [-0.25, -0.2) is 4.68 Å². The van der Waals surface area contributed by atoms with Crippen LogP contribution in [-0.4, -0.2) is 56.7 Å². The molecule has 1 aromatic carbocycles. The predicted molar refractivity (Wildman–Crippen MR) is 111 cm³/mol. The van der Waals surface area contributed by atoms with E-state index in [-0.39, 0.29) is 5.91 Å². The second-order valence-corrected chi connectivity index (χ2v) is 7.85. The highest BCUT2D eigenvalue weighted by Crippen LogP contribution is 2.42. The molecule has 1 aliphatic heterocycles. The van der Waals surface area contributed by atoms with Crippen LogP contribution < -0.4 is 0 Å². The smallest absolute Gasteiger partial charge is 0.257 e. The quantitative estimate of drug-likeness (QED) is 0.675. The lowest BCUT2D eigenvalue weighted by Gasteiger charge is -2.34. The maximum atomic E-state index is 13.3. The second-order valence-electron chi connectivity index (χ2n) is 7.85. The molecule has 1 saturated heterocycles. The molecule has 29 heavy (non-hydrogen) atoms. The Labute approximate surface area is 170 Å². The van der Waals surface area contributed by atoms with Crippen LogP contribution in [0.25, 0.3) is 5.69 Å². The average Bonchev–Trinajstić information content (AvgIpc) is 3.53. The number of hydrogen-bond acceptors (Lipinski definition) is 4. The van der Waals surface area contributed by atoms with Crippen LogP contribution in [-0.2, 0) is 6.54 Å². The lowest BCUT2D eigenvalue weighted by Crippen LogP contribution is -2.48. The van der Waals surface area contributed by atoms with Crippen molar-refractivity contribution in [1.82, 2.24) is 24.6 Å². The number of nitrogens with zero attached hydrogens (tertiary/aromatic N) is 5. The molecule has 1 aliphatic carbocycles. The van der Waals surface area contributed by atoms with E-state index in [0.717, 1.165) is 68.2 Å². The zero-order valence-corrected chi connectivity index (χ0v) is 16.4. The molecule has 0 unspecified atom stereocenters. The number of carbonyl (C=O) groups is 1. The van der Waals surface area contributed by atoms with Crippen molar-refractivity contribution in [3.63, 3.8) is 0 Å². The van der Waals surface area contributed by atoms with Gasteiger partial charge < -0.3 is 4.90 Å². The summed E-state index contributed by atoms with van der Waals surface area (Å²) in [6.45, 7) is 4.06. The van der Waals surface area contributed by atoms with Gasteiger partial charge in [-0.05, 0) is 37.1 Å². The Morgan fingerprint density at radius 1 is 0.966 bits per heavy atom. The minimum absolute atomic E-state index is 0.117. The molecule has 1 saturated carbocycles. The number of benzene rings is 1. The van der Waals surface area contributed by atoms with Crippen molar-refractivity contribution in [2.45, 2.75) is 25.3 Å². The highest BCUT2D eigenvalue weighted by Gasteiger charge is 2.34. The van der Waals surface area contributed by atoms with Gasteiger partial charge in [0.05, 0.1) is 28.8 Å². The Bertz CT molecular complexity index is 973. The lowest BCUT2D eigenvalue weighted by atomic mass is 10.1. The summed E-state index contributed by atoms with van der Waals surface area (Å²) < 4.78 is 1.96. The highest BCUT2D eigenvalue weighted by molar-refractivity contribution is 5.95. The SMILES string of the molecule is O=C(c1cnn(-c2ccccc2)c1C1CC1)N1CCN(Cc2ccccn2)CC1. The van der Waals surface area contributed by atoms with E-state index in [1.165, 1.54) is 0 Å². The number of piperazine rings is 1. The molecule has 5 rings (SSSR count). The fourth-order valence-electron chi connectivity index (χ4n) is 4.05. The van der Waals surface area contributed by atoms with E-state index in [1.807, 2.05) is 58.2 Å². The van der Waals surface area contributed by atoms with Crippen molar-refractivity contribution in [2.24, 2.45) is 0 Å². The van der Waals surface area contributed by atoms with Gasteiger partial charge in [-0.2, -0.15) is 5.10 Å². The van der Waals surface area contributed by atoms with E-state index in [9.17, 15) is 4.79 Å². The molecule has 2 aromatic heterocycles. The third kappa shape index (κ3) is 3.80. The summed E-state index contributed by atoms with van der Waals surface area (Å²) in [7, 11) is 0. The molecule has 0 atom stereocenters. The van der Waals surface area contributed by atoms with Gasteiger partial charge in [0, 0.05) is 44.8 Å². The summed E-state index contributed by atoms with van der Waals surface area (Å²) in [5.74, 6) is 0.564. The Kier molecular flexibility index (Phi) is 4.86. The van der Waals surface area contributed by atoms with Crippen molar-refractivity contribution in [1.29, 1.82) is 0 Å². The number of carbonyl (C=O) groups excluding carboxylic acids is 1. The van der Waals surface area contributed by atoms with Crippen molar-refractivity contribution in [3.8, 4) is 5.69 Å². The number of amides is 1. The number of pyridine rings is 1. The summed E-state index contributed by atoms with van der Waals surface area (Å²) in [5, 5.41) is 4.58. The largest absolute Gasteiger partial charge is 0.336 e. The maximum absolute atomic E-state index is 13.3. The normalized spacial score (nSPS) is 17.4. The molecule has 6 heteroatoms. The van der Waals surface area contributed by atoms with E-state index >= 15 is 0 Å². The first kappa shape index (κ1) is 18.1. The number of hydrogen-bond donors (Lipinski definition) is 0. The van der Waals surface area contributed by atoms with E-state index in [1.54, 1.807) is 6.20 Å². The molecule has 3 heterocycles. The first-order chi connectivity index (χ1) is 14.3. The van der Waals surface area contributed by atoms with Gasteiger partial charge in [-0.15, -0.1) is 0 Å². The van der Waals surface area contributed by atoms with Crippen LogP contribution in [0, 0.1) is 0 Å². The average molecular weight is 387 g/mol. The first-order valence-electron chi connectivity index (χ1n) is 10.3. The van der Waals surface area contributed by atoms with E-state index < -0.39 is 0 Å². The van der Waals surface area contributed by atoms with Gasteiger partial charge >= 0.3 is 0 Å². The summed E-state index contributed by atoms with van der Waals surface area (Å²) in [6, 6.07) is 16.1. The zero-order chi connectivity index (χ0) is 19.6. The summed E-state index contributed by atoms with van der Waals surface area (Å²) in [5.41, 5.74) is 3.95. The van der Waals surface area contributed by atoms with Gasteiger partial charge in [-0.3, -0.25) is 14.7 Å². The highest BCUT2D eigenvalue weighted by atomic mass is 16.2. The molecule has 0 bridgehead atoms. The minimum atomic E-state index is 0.117. The molecular formula is C23H25N5O. The molecule has 6 nitrogen and oxygen atoms in total. The van der Waals surface area contributed by atoms with Crippen LogP contribution in [0.5, 0.6) is 0 Å². The van der Waals surface area contributed by atoms with E-state index in [2.05, 4.69) is 21.0 Å². The summed E-state index contributed by atoms with van der Waals surface area (Å²) in [6.07, 6.45) is 5.87. The Morgan fingerprint density at radius 2 is 1.72 bits per heavy atom. The van der Waals surface area contributed by atoms with Crippen molar-refractivity contribution in [2.75, 3.05) is 26.2 Å². The molecule has 2 fully saturated rings. The molecule has 0 spiro atoms. The maximum Gasteiger partial charge on any atom is 0.257 e. The lowest BCUT2D eigenvalue weighted by molar-refractivity contribution is 0.0626. The van der Waals surface area contributed by atoms with Gasteiger partial charge in [0.25, 0.3) is 5.91 Å². The van der Waals surface area contributed by atoms with Gasteiger partial charge in [0.15, 0.2) is 0 Å². The summed E-state index contributed by atoms with van der Waals surface area (Å²) in [4.78, 5) is 22.1. The monoisotopic (exact) mass is 387 g/mol. The topological polar surface area (TPSA) is 54.3 Å². The predicted octanol–water partition coefficient (Wildman–Crippen LogP) is 3.10. The van der Waals surface area contributed by atoms with E-state index in [4.69, 9.17) is 0 Å². The van der Waals surface area contributed by atoms with Crippen molar-refractivity contribution >= 4 is 5.91 Å². The van der Waals surface area contributed by atoms with Crippen LogP contribution in [0.4, 0.5) is 0 Å². The first-order valence-corrected chi connectivity index (χ1v) is 10.3. The molecule has 0 N–H and O–H groups in total. The molecule has 1 amide bonds. The fraction of sp³-hybridized carbons (Fsp3) is 0.348. The van der Waals surface area contributed by atoms with E-state index in [0.29, 0.717) is 5.92 Å². The van der Waals surface area contributed by atoms with Gasteiger partial charge in [-0.1, -0.05) is 24.3 Å². The molecular weight excluding hydrogens is 362 g/mol. The van der Waals surface area contributed by atoms with Crippen LogP contribution in [0.15, 0.2) is 60.9 Å². The molecule has 3 aromatic rings. The van der Waals surface area contributed by atoms with Crippen LogP contribution >= 0.6 is 0 Å². The van der Waals surface area contributed by atoms with Crippen LogP contribution in [0.3, 0.4) is 0 Å². The molecule has 148 valence electrons. The van der Waals surface area contributed by atoms with Gasteiger partial charge in [0.1, 0.15) is 0 Å². The standard InChI is InChI=1S/C23H25N5O/c29-23(27-14-12-26(13-15-27)17-19-6-4-5-11-24-19)21-16-25-28(22(21)18-9-10-18)20-7-2-1-3-8-20/h1-8,11,16,18H,9-10,12-15,17H2. The van der Waals surface area contributed by atoms with Crippen LogP contribution in [0.2, 0.25) is 0 Å². The minimum Gasteiger partial charge on any atom is -0.336 e. The Balaban J connectivity index is 1.30. The van der Waals surface area contributed by atoms with Crippen molar-refractivity contribution < 1.29 is 4.79 Å². The number of rotatable bonds is 5. The molecule has 0 radical (unpaired) electrons. The van der Waals surface area contributed by atoms with Crippen LogP contribution in [0.1, 0.15) is 40.5 Å². The second kappa shape index (κ2) is 7.79. The number of para-hydroxylation sites is 1. The zero-order valence-electron chi connectivity index (χ0n) is 16.4. The Hall–Kier alpha value is -2.99. The fourth-order valence-corrected chi connectivity index (χ4v) is 4.05. The molecule has 2 aliphatic rings.